The van der Waals surface area contributed by atoms with Gasteiger partial charge in [0.25, 0.3) is 0 Å². The maximum absolute atomic E-state index is 12.9. The summed E-state index contributed by atoms with van der Waals surface area (Å²) in [6.45, 7) is 1.80. The zero-order valence-electron chi connectivity index (χ0n) is 6.26. The quantitative estimate of drug-likeness (QED) is 0.577. The third-order valence-electron chi connectivity index (χ3n) is 1.79. The molecule has 0 aliphatic heterocycles. The van der Waals surface area contributed by atoms with Crippen molar-refractivity contribution in [1.29, 1.82) is 0 Å². The molecule has 0 aliphatic carbocycles. The van der Waals surface area contributed by atoms with Gasteiger partial charge in [-0.3, -0.25) is 0 Å². The summed E-state index contributed by atoms with van der Waals surface area (Å²) >= 11 is 0. The van der Waals surface area contributed by atoms with E-state index in [0.29, 0.717) is 11.2 Å². The number of rotatable bonds is 0. The van der Waals surface area contributed by atoms with E-state index in [2.05, 4.69) is 4.98 Å². The van der Waals surface area contributed by atoms with Gasteiger partial charge in [-0.05, 0) is 6.92 Å². The van der Waals surface area contributed by atoms with Gasteiger partial charge in [0.1, 0.15) is 17.6 Å². The Balaban J connectivity index is 2.95. The molecule has 2 aromatic rings. The van der Waals surface area contributed by atoms with E-state index in [9.17, 15) is 4.39 Å². The van der Waals surface area contributed by atoms with Gasteiger partial charge in [-0.1, -0.05) is 0 Å². The molecule has 0 saturated carbocycles. The maximum Gasteiger partial charge on any atom is 0.247 e. The SMILES string of the molecule is Cc1nc2occ(F)c2n1C. The van der Waals surface area contributed by atoms with Crippen LogP contribution in [0.3, 0.4) is 0 Å². The van der Waals surface area contributed by atoms with Gasteiger partial charge in [0.2, 0.25) is 5.71 Å². The summed E-state index contributed by atoms with van der Waals surface area (Å²) in [4.78, 5) is 3.99. The van der Waals surface area contributed by atoms with Crippen molar-refractivity contribution in [3.05, 3.63) is 17.9 Å². The molecule has 0 atom stereocenters. The normalized spacial score (nSPS) is 11.2. The summed E-state index contributed by atoms with van der Waals surface area (Å²) in [7, 11) is 1.75. The van der Waals surface area contributed by atoms with Crippen molar-refractivity contribution in [1.82, 2.24) is 9.55 Å². The highest BCUT2D eigenvalue weighted by Crippen LogP contribution is 2.18. The van der Waals surface area contributed by atoms with Crippen molar-refractivity contribution in [3.63, 3.8) is 0 Å². The Labute approximate surface area is 62.4 Å². The standard InChI is InChI=1S/C7H7FN2O/c1-4-9-7-6(10(4)2)5(8)3-11-7/h3H,1-2H3. The second-order valence-electron chi connectivity index (χ2n) is 2.46. The van der Waals surface area contributed by atoms with Crippen molar-refractivity contribution in [2.24, 2.45) is 7.05 Å². The van der Waals surface area contributed by atoms with E-state index in [4.69, 9.17) is 4.42 Å². The molecule has 0 fully saturated rings. The number of furan rings is 1. The molecule has 2 rings (SSSR count). The number of hydrogen-bond donors (Lipinski definition) is 0. The Bertz CT molecular complexity index is 402. The molecule has 0 radical (unpaired) electrons. The molecule has 2 heterocycles. The first-order valence-electron chi connectivity index (χ1n) is 3.26. The fourth-order valence-electron chi connectivity index (χ4n) is 1.09. The van der Waals surface area contributed by atoms with Crippen LogP contribution >= 0.6 is 0 Å². The highest BCUT2D eigenvalue weighted by Gasteiger charge is 2.12. The predicted molar refractivity (Wildman–Crippen MR) is 37.7 cm³/mol. The fourth-order valence-corrected chi connectivity index (χ4v) is 1.09. The summed E-state index contributed by atoms with van der Waals surface area (Å²) in [5.41, 5.74) is 0.796. The number of aromatic nitrogens is 2. The summed E-state index contributed by atoms with van der Waals surface area (Å²) in [5, 5.41) is 0. The van der Waals surface area contributed by atoms with Gasteiger partial charge < -0.3 is 8.98 Å². The van der Waals surface area contributed by atoms with E-state index < -0.39 is 0 Å². The first-order valence-corrected chi connectivity index (χ1v) is 3.26. The van der Waals surface area contributed by atoms with E-state index >= 15 is 0 Å². The van der Waals surface area contributed by atoms with Crippen molar-refractivity contribution in [2.75, 3.05) is 0 Å². The Morgan fingerprint density at radius 3 is 3.00 bits per heavy atom. The van der Waals surface area contributed by atoms with Crippen LogP contribution in [0.25, 0.3) is 11.2 Å². The number of nitrogens with zero attached hydrogens (tertiary/aromatic N) is 2. The minimum absolute atomic E-state index is 0.358. The van der Waals surface area contributed by atoms with E-state index in [1.165, 1.54) is 0 Å². The fraction of sp³-hybridized carbons (Fsp3) is 0.286. The molecule has 0 unspecified atom stereocenters. The molecule has 3 nitrogen and oxygen atoms in total. The van der Waals surface area contributed by atoms with Crippen LogP contribution in [0.1, 0.15) is 5.82 Å². The van der Waals surface area contributed by atoms with E-state index in [1.807, 2.05) is 0 Å². The lowest BCUT2D eigenvalue weighted by Crippen LogP contribution is -1.91. The number of fused-ring (bicyclic) bond motifs is 1. The van der Waals surface area contributed by atoms with Crippen LogP contribution < -0.4 is 0 Å². The lowest BCUT2D eigenvalue weighted by atomic mass is 10.5. The smallest absolute Gasteiger partial charge is 0.247 e. The second-order valence-corrected chi connectivity index (χ2v) is 2.46. The average molecular weight is 154 g/mol. The van der Waals surface area contributed by atoms with Crippen LogP contribution in [-0.2, 0) is 7.05 Å². The van der Waals surface area contributed by atoms with Crippen LogP contribution in [0.15, 0.2) is 10.7 Å². The largest absolute Gasteiger partial charge is 0.442 e. The molecular weight excluding hydrogens is 147 g/mol. The zero-order chi connectivity index (χ0) is 8.01. The van der Waals surface area contributed by atoms with Gasteiger partial charge in [-0.2, -0.15) is 4.98 Å². The molecule has 0 spiro atoms. The molecule has 4 heteroatoms. The molecular formula is C7H7FN2O. The summed E-state index contributed by atoms with van der Waals surface area (Å²) in [6, 6.07) is 0. The van der Waals surface area contributed by atoms with Crippen LogP contribution in [-0.4, -0.2) is 9.55 Å². The Morgan fingerprint density at radius 1 is 1.64 bits per heavy atom. The topological polar surface area (TPSA) is 31.0 Å². The van der Waals surface area contributed by atoms with Gasteiger partial charge in [-0.25, -0.2) is 4.39 Å². The van der Waals surface area contributed by atoms with Crippen LogP contribution in [0.5, 0.6) is 0 Å². The first kappa shape index (κ1) is 6.39. The number of aryl methyl sites for hydroxylation is 2. The molecule has 0 bridgehead atoms. The van der Waals surface area contributed by atoms with Gasteiger partial charge in [0.05, 0.1) is 0 Å². The summed E-state index contributed by atoms with van der Waals surface area (Å²) in [5.74, 6) is 0.390. The Hall–Kier alpha value is -1.32. The maximum atomic E-state index is 12.9. The molecule has 58 valence electrons. The first-order chi connectivity index (χ1) is 5.20. The Morgan fingerprint density at radius 2 is 2.36 bits per heavy atom. The number of halogens is 1. The lowest BCUT2D eigenvalue weighted by Gasteiger charge is -1.91. The molecule has 11 heavy (non-hydrogen) atoms. The third-order valence-corrected chi connectivity index (χ3v) is 1.79. The van der Waals surface area contributed by atoms with E-state index in [-0.39, 0.29) is 5.82 Å². The number of hydrogen-bond acceptors (Lipinski definition) is 2. The van der Waals surface area contributed by atoms with Gasteiger partial charge in [-0.15, -0.1) is 0 Å². The molecule has 0 aromatic carbocycles. The molecule has 0 saturated heterocycles. The van der Waals surface area contributed by atoms with E-state index in [1.54, 1.807) is 18.5 Å². The van der Waals surface area contributed by atoms with Crippen molar-refractivity contribution >= 4 is 11.2 Å². The van der Waals surface area contributed by atoms with Crippen molar-refractivity contribution in [3.8, 4) is 0 Å². The van der Waals surface area contributed by atoms with Gasteiger partial charge in [0, 0.05) is 7.05 Å². The molecule has 0 aliphatic rings. The minimum Gasteiger partial charge on any atom is -0.442 e. The minimum atomic E-state index is -0.358. The molecule has 0 N–H and O–H groups in total. The molecule has 2 aromatic heterocycles. The highest BCUT2D eigenvalue weighted by atomic mass is 19.1. The second kappa shape index (κ2) is 1.84. The van der Waals surface area contributed by atoms with E-state index in [0.717, 1.165) is 12.1 Å². The van der Waals surface area contributed by atoms with Crippen molar-refractivity contribution < 1.29 is 8.81 Å². The third kappa shape index (κ3) is 0.691. The lowest BCUT2D eigenvalue weighted by molar-refractivity contribution is 0.548. The van der Waals surface area contributed by atoms with Gasteiger partial charge >= 0.3 is 0 Å². The van der Waals surface area contributed by atoms with Crippen LogP contribution in [0.2, 0.25) is 0 Å². The molecule has 0 amide bonds. The zero-order valence-corrected chi connectivity index (χ0v) is 6.26. The Kier molecular flexibility index (Phi) is 1.07. The van der Waals surface area contributed by atoms with Crippen LogP contribution in [0, 0.1) is 12.7 Å². The van der Waals surface area contributed by atoms with Gasteiger partial charge in [0.15, 0.2) is 5.82 Å². The van der Waals surface area contributed by atoms with Crippen molar-refractivity contribution in [2.45, 2.75) is 6.92 Å². The summed E-state index contributed by atoms with van der Waals surface area (Å²) in [6.07, 6.45) is 1.07. The number of imidazole rings is 1. The van der Waals surface area contributed by atoms with Crippen LogP contribution in [0.4, 0.5) is 4.39 Å². The average Bonchev–Trinajstić information content (AvgIpc) is 2.41. The predicted octanol–water partition coefficient (Wildman–Crippen LogP) is 1.61. The highest BCUT2D eigenvalue weighted by molar-refractivity contribution is 5.70. The monoisotopic (exact) mass is 154 g/mol. The summed E-state index contributed by atoms with van der Waals surface area (Å²) < 4.78 is 19.4.